The van der Waals surface area contributed by atoms with Crippen molar-refractivity contribution in [2.45, 2.75) is 26.2 Å². The number of nitrogens with zero attached hydrogens (tertiary/aromatic N) is 2. The molecular formula is C26H32N4O2. The third-order valence-electron chi connectivity index (χ3n) is 6.14. The van der Waals surface area contributed by atoms with Gasteiger partial charge in [-0.1, -0.05) is 37.3 Å². The Morgan fingerprint density at radius 1 is 1.12 bits per heavy atom. The van der Waals surface area contributed by atoms with Crippen molar-refractivity contribution < 1.29 is 9.53 Å². The van der Waals surface area contributed by atoms with Crippen molar-refractivity contribution in [1.82, 2.24) is 15.2 Å². The predicted octanol–water partition coefficient (Wildman–Crippen LogP) is 4.84. The minimum atomic E-state index is -0.0704. The van der Waals surface area contributed by atoms with Gasteiger partial charge in [0.25, 0.3) is 5.91 Å². The molecule has 1 aliphatic heterocycles. The normalized spacial score (nSPS) is 14.9. The fraction of sp³-hybridized carbons (Fsp3) is 0.385. The van der Waals surface area contributed by atoms with Crippen molar-refractivity contribution in [2.75, 3.05) is 38.6 Å². The number of amides is 1. The van der Waals surface area contributed by atoms with Crippen LogP contribution < -0.4 is 15.4 Å². The summed E-state index contributed by atoms with van der Waals surface area (Å²) in [6.07, 6.45) is 3.50. The summed E-state index contributed by atoms with van der Waals surface area (Å²) in [5.41, 5.74) is 2.21. The number of benzene rings is 2. The Bertz CT molecular complexity index is 1060. The summed E-state index contributed by atoms with van der Waals surface area (Å²) in [6.45, 7) is 6.36. The molecule has 0 saturated carbocycles. The van der Waals surface area contributed by atoms with Crippen molar-refractivity contribution in [2.24, 2.45) is 5.92 Å². The average molecular weight is 433 g/mol. The zero-order valence-electron chi connectivity index (χ0n) is 18.9. The van der Waals surface area contributed by atoms with Gasteiger partial charge in [-0.2, -0.15) is 0 Å². The zero-order chi connectivity index (χ0) is 22.3. The van der Waals surface area contributed by atoms with Gasteiger partial charge in [-0.3, -0.25) is 4.79 Å². The number of hydrogen-bond donors (Lipinski definition) is 2. The summed E-state index contributed by atoms with van der Waals surface area (Å²) in [5, 5.41) is 7.26. The highest BCUT2D eigenvalue weighted by molar-refractivity contribution is 6.07. The Hall–Kier alpha value is -3.12. The number of aromatic nitrogens is 1. The van der Waals surface area contributed by atoms with Crippen LogP contribution in [0.15, 0.2) is 54.6 Å². The zero-order valence-corrected chi connectivity index (χ0v) is 18.9. The molecule has 2 aromatic carbocycles. The van der Waals surface area contributed by atoms with E-state index in [0.29, 0.717) is 17.9 Å². The predicted molar refractivity (Wildman–Crippen MR) is 130 cm³/mol. The quantitative estimate of drug-likeness (QED) is 0.499. The number of anilines is 2. The molecule has 0 unspecified atom stereocenters. The monoisotopic (exact) mass is 432 g/mol. The molecule has 1 fully saturated rings. The number of carbonyl (C=O) groups is 1. The molecular weight excluding hydrogens is 400 g/mol. The highest BCUT2D eigenvalue weighted by Gasteiger charge is 2.16. The third kappa shape index (κ3) is 5.37. The van der Waals surface area contributed by atoms with Crippen LogP contribution in [0.3, 0.4) is 0 Å². The summed E-state index contributed by atoms with van der Waals surface area (Å²) in [5.74, 6) is 2.10. The molecule has 2 heterocycles. The highest BCUT2D eigenvalue weighted by Crippen LogP contribution is 2.28. The van der Waals surface area contributed by atoms with E-state index in [0.717, 1.165) is 41.2 Å². The molecule has 0 atom stereocenters. The van der Waals surface area contributed by atoms with E-state index in [9.17, 15) is 4.79 Å². The summed E-state index contributed by atoms with van der Waals surface area (Å²) in [4.78, 5) is 20.3. The minimum absolute atomic E-state index is 0.0704. The van der Waals surface area contributed by atoms with Gasteiger partial charge in [-0.25, -0.2) is 4.98 Å². The van der Waals surface area contributed by atoms with E-state index < -0.39 is 0 Å². The molecule has 0 radical (unpaired) electrons. The first-order valence-electron chi connectivity index (χ1n) is 11.4. The van der Waals surface area contributed by atoms with Crippen LogP contribution in [0.5, 0.6) is 5.75 Å². The van der Waals surface area contributed by atoms with E-state index in [2.05, 4.69) is 22.5 Å². The lowest BCUT2D eigenvalue weighted by atomic mass is 9.99. The minimum Gasteiger partial charge on any atom is -0.495 e. The van der Waals surface area contributed by atoms with E-state index in [1.165, 1.54) is 25.9 Å². The number of fused-ring (bicyclic) bond motifs is 1. The van der Waals surface area contributed by atoms with Gasteiger partial charge in [0.05, 0.1) is 23.9 Å². The maximum absolute atomic E-state index is 13.1. The maximum Gasteiger partial charge on any atom is 0.252 e. The number of rotatable bonds is 8. The van der Waals surface area contributed by atoms with Crippen LogP contribution in [0.4, 0.5) is 11.5 Å². The van der Waals surface area contributed by atoms with Gasteiger partial charge in [0.1, 0.15) is 11.6 Å². The standard InChI is InChI=1S/C26H32N4O2/c1-19-12-16-30(17-13-19)15-7-14-27-26(31)21-18-25(28-22-9-4-3-8-20(21)22)29-23-10-5-6-11-24(23)32-2/h3-6,8-11,18-19H,7,12-17H2,1-2H3,(H,27,31)(H,28,29). The fourth-order valence-corrected chi connectivity index (χ4v) is 4.20. The van der Waals surface area contributed by atoms with Crippen LogP contribution in [0, 0.1) is 5.92 Å². The van der Waals surface area contributed by atoms with Crippen LogP contribution in [0.25, 0.3) is 10.9 Å². The second-order valence-corrected chi connectivity index (χ2v) is 8.53. The number of nitrogens with one attached hydrogen (secondary N) is 2. The smallest absolute Gasteiger partial charge is 0.252 e. The lowest BCUT2D eigenvalue weighted by Gasteiger charge is -2.30. The van der Waals surface area contributed by atoms with Crippen LogP contribution >= 0.6 is 0 Å². The first-order valence-corrected chi connectivity index (χ1v) is 11.4. The van der Waals surface area contributed by atoms with Gasteiger partial charge < -0.3 is 20.3 Å². The van der Waals surface area contributed by atoms with Crippen LogP contribution in [-0.2, 0) is 0 Å². The Morgan fingerprint density at radius 3 is 2.69 bits per heavy atom. The second-order valence-electron chi connectivity index (χ2n) is 8.53. The van der Waals surface area contributed by atoms with Gasteiger partial charge in [0.2, 0.25) is 0 Å². The van der Waals surface area contributed by atoms with Gasteiger partial charge in [0.15, 0.2) is 0 Å². The van der Waals surface area contributed by atoms with E-state index >= 15 is 0 Å². The Morgan fingerprint density at radius 2 is 1.88 bits per heavy atom. The molecule has 0 aliphatic carbocycles. The van der Waals surface area contributed by atoms with Crippen molar-refractivity contribution >= 4 is 28.3 Å². The molecule has 0 bridgehead atoms. The summed E-state index contributed by atoms with van der Waals surface area (Å²) < 4.78 is 5.43. The number of carbonyl (C=O) groups excluding carboxylic acids is 1. The third-order valence-corrected chi connectivity index (χ3v) is 6.14. The van der Waals surface area contributed by atoms with Crippen LogP contribution in [0.1, 0.15) is 36.5 Å². The number of pyridine rings is 1. The molecule has 6 heteroatoms. The summed E-state index contributed by atoms with van der Waals surface area (Å²) >= 11 is 0. The number of ether oxygens (including phenoxy) is 1. The molecule has 168 valence electrons. The molecule has 4 rings (SSSR count). The van der Waals surface area contributed by atoms with Crippen molar-refractivity contribution in [3.63, 3.8) is 0 Å². The topological polar surface area (TPSA) is 66.5 Å². The van der Waals surface area contributed by atoms with Gasteiger partial charge in [-0.05, 0) is 69.1 Å². The molecule has 3 aromatic rings. The number of likely N-dealkylation sites (tertiary alicyclic amines) is 1. The maximum atomic E-state index is 13.1. The van der Waals surface area contributed by atoms with E-state index in [1.807, 2.05) is 54.6 Å². The van der Waals surface area contributed by atoms with E-state index in [4.69, 9.17) is 9.72 Å². The fourth-order valence-electron chi connectivity index (χ4n) is 4.20. The van der Waals surface area contributed by atoms with Crippen molar-refractivity contribution in [3.05, 3.63) is 60.2 Å². The molecule has 1 aliphatic rings. The molecule has 1 aromatic heterocycles. The first kappa shape index (κ1) is 22.1. The van der Waals surface area contributed by atoms with E-state index in [-0.39, 0.29) is 5.91 Å². The molecule has 0 spiro atoms. The average Bonchev–Trinajstić information content (AvgIpc) is 2.82. The molecule has 6 nitrogen and oxygen atoms in total. The largest absolute Gasteiger partial charge is 0.495 e. The first-order chi connectivity index (χ1) is 15.6. The van der Waals surface area contributed by atoms with Gasteiger partial charge in [-0.15, -0.1) is 0 Å². The molecule has 32 heavy (non-hydrogen) atoms. The SMILES string of the molecule is COc1ccccc1Nc1cc(C(=O)NCCCN2CCC(C)CC2)c2ccccc2n1. The number of para-hydroxylation sites is 3. The second kappa shape index (κ2) is 10.5. The number of hydrogen-bond acceptors (Lipinski definition) is 5. The molecule has 1 saturated heterocycles. The highest BCUT2D eigenvalue weighted by atomic mass is 16.5. The lowest BCUT2D eigenvalue weighted by Crippen LogP contribution is -2.35. The van der Waals surface area contributed by atoms with Gasteiger partial charge >= 0.3 is 0 Å². The Labute approximate surface area is 190 Å². The number of methoxy groups -OCH3 is 1. The van der Waals surface area contributed by atoms with Crippen LogP contribution in [-0.4, -0.2) is 49.1 Å². The lowest BCUT2D eigenvalue weighted by molar-refractivity contribution is 0.0952. The molecule has 1 amide bonds. The van der Waals surface area contributed by atoms with E-state index in [1.54, 1.807) is 7.11 Å². The molecule has 2 N–H and O–H groups in total. The summed E-state index contributed by atoms with van der Waals surface area (Å²) in [7, 11) is 1.64. The van der Waals surface area contributed by atoms with Gasteiger partial charge in [0, 0.05) is 11.9 Å². The number of piperidine rings is 1. The van der Waals surface area contributed by atoms with Crippen molar-refractivity contribution in [3.8, 4) is 5.75 Å². The van der Waals surface area contributed by atoms with Crippen molar-refractivity contribution in [1.29, 1.82) is 0 Å². The van der Waals surface area contributed by atoms with Crippen LogP contribution in [0.2, 0.25) is 0 Å². The Kier molecular flexibility index (Phi) is 7.22. The summed E-state index contributed by atoms with van der Waals surface area (Å²) in [6, 6.07) is 17.2. The Balaban J connectivity index is 1.45.